The van der Waals surface area contributed by atoms with Gasteiger partial charge >= 0.3 is 0 Å². The van der Waals surface area contributed by atoms with Gasteiger partial charge in [-0.25, -0.2) is 15.0 Å². The molecule has 1 aliphatic rings. The Bertz CT molecular complexity index is 2670. The molecule has 5 nitrogen and oxygen atoms in total. The van der Waals surface area contributed by atoms with Gasteiger partial charge in [-0.3, -0.25) is 0 Å². The van der Waals surface area contributed by atoms with E-state index in [9.17, 15) is 0 Å². The zero-order valence-corrected chi connectivity index (χ0v) is 25.9. The van der Waals surface area contributed by atoms with E-state index in [1.165, 1.54) is 16.2 Å². The molecule has 0 aliphatic heterocycles. The van der Waals surface area contributed by atoms with E-state index in [4.69, 9.17) is 19.4 Å². The molecule has 10 rings (SSSR count). The molecule has 0 fully saturated rings. The zero-order valence-electron chi connectivity index (χ0n) is 25.9. The minimum Gasteiger partial charge on any atom is -0.460 e. The molecule has 226 valence electrons. The molecule has 0 saturated heterocycles. The summed E-state index contributed by atoms with van der Waals surface area (Å²) in [5.41, 5.74) is 7.31. The normalized spacial score (nSPS) is 14.5. The van der Waals surface area contributed by atoms with Crippen LogP contribution < -0.4 is 0 Å². The van der Waals surface area contributed by atoms with Crippen molar-refractivity contribution >= 4 is 49.2 Å². The highest BCUT2D eigenvalue weighted by Crippen LogP contribution is 2.44. The number of nitrogens with zero attached hydrogens (tertiary/aromatic N) is 4. The highest BCUT2D eigenvalue weighted by atomic mass is 16.3. The van der Waals surface area contributed by atoms with E-state index in [2.05, 4.69) is 132 Å². The summed E-state index contributed by atoms with van der Waals surface area (Å²) in [5, 5.41) is 5.88. The molecule has 0 N–H and O–H groups in total. The summed E-state index contributed by atoms with van der Waals surface area (Å²) < 4.78 is 9.04. The van der Waals surface area contributed by atoms with E-state index >= 15 is 0 Å². The summed E-state index contributed by atoms with van der Waals surface area (Å²) in [6.07, 6.45) is 2.98. The first-order valence-corrected chi connectivity index (χ1v) is 16.3. The quantitative estimate of drug-likeness (QED) is 0.197. The van der Waals surface area contributed by atoms with Crippen LogP contribution in [0.15, 0.2) is 156 Å². The van der Waals surface area contributed by atoms with Gasteiger partial charge in [0.05, 0.1) is 16.7 Å². The average molecular weight is 617 g/mol. The third kappa shape index (κ3) is 4.21. The fraction of sp³-hybridized carbons (Fsp3) is 0.0465. The van der Waals surface area contributed by atoms with E-state index in [1.807, 2.05) is 24.3 Å². The van der Waals surface area contributed by atoms with Gasteiger partial charge in [0.25, 0.3) is 0 Å². The molecule has 0 radical (unpaired) electrons. The lowest BCUT2D eigenvalue weighted by atomic mass is 9.90. The molecule has 0 amide bonds. The summed E-state index contributed by atoms with van der Waals surface area (Å²) in [6, 6.07) is 50.6. The minimum absolute atomic E-state index is 0.155. The molecule has 9 aromatic rings. The smallest absolute Gasteiger partial charge is 0.163 e. The number of hydrogen-bond donors (Lipinski definition) is 0. The first-order valence-electron chi connectivity index (χ1n) is 16.3. The molecule has 1 atom stereocenters. The zero-order chi connectivity index (χ0) is 31.6. The summed E-state index contributed by atoms with van der Waals surface area (Å²) in [4.78, 5) is 15.4. The number of furan rings is 1. The van der Waals surface area contributed by atoms with Crippen molar-refractivity contribution in [3.8, 4) is 22.8 Å². The van der Waals surface area contributed by atoms with E-state index in [-0.39, 0.29) is 5.92 Å². The van der Waals surface area contributed by atoms with Crippen LogP contribution in [0, 0.1) is 0 Å². The van der Waals surface area contributed by atoms with Crippen molar-refractivity contribution in [1.82, 2.24) is 19.5 Å². The highest BCUT2D eigenvalue weighted by Gasteiger charge is 2.31. The Labute approximate surface area is 276 Å². The molecular weight excluding hydrogens is 589 g/mol. The van der Waals surface area contributed by atoms with Crippen LogP contribution in [0.5, 0.6) is 0 Å². The fourth-order valence-electron chi connectivity index (χ4n) is 7.32. The van der Waals surface area contributed by atoms with Crippen LogP contribution in [0.1, 0.15) is 23.1 Å². The first-order chi connectivity index (χ1) is 23.8. The Morgan fingerprint density at radius 2 is 1.17 bits per heavy atom. The first kappa shape index (κ1) is 26.8. The van der Waals surface area contributed by atoms with Crippen LogP contribution >= 0.6 is 0 Å². The van der Waals surface area contributed by atoms with Gasteiger partial charge in [-0.05, 0) is 41.1 Å². The Morgan fingerprint density at radius 3 is 1.94 bits per heavy atom. The molecule has 6 aromatic carbocycles. The standard InChI is InChI=1S/C43H28N4O/c1-2-13-28(14-3-1)41-44-42(30-23-22-27-12-4-5-15-29(27)24-30)46-43(45-41)31-25-37(40-34-18-8-11-21-38(34)48-39(40)26-31)47-35-19-9-6-16-32(35)33-17-7-10-20-36(33)47/h1-25,31H,26H2. The fourth-order valence-corrected chi connectivity index (χ4v) is 7.32. The van der Waals surface area contributed by atoms with Crippen LogP contribution in [0.25, 0.3) is 72.0 Å². The van der Waals surface area contributed by atoms with E-state index in [0.717, 1.165) is 61.4 Å². The van der Waals surface area contributed by atoms with Gasteiger partial charge in [-0.15, -0.1) is 0 Å². The minimum atomic E-state index is -0.155. The molecular formula is C43H28N4O. The van der Waals surface area contributed by atoms with Crippen molar-refractivity contribution in [2.24, 2.45) is 0 Å². The summed E-state index contributed by atoms with van der Waals surface area (Å²) in [5.74, 6) is 2.82. The number of hydrogen-bond acceptors (Lipinski definition) is 4. The highest BCUT2D eigenvalue weighted by molar-refractivity contribution is 6.11. The lowest BCUT2D eigenvalue weighted by Crippen LogP contribution is -2.15. The maximum Gasteiger partial charge on any atom is 0.163 e. The molecule has 3 aromatic heterocycles. The number of allylic oxidation sites excluding steroid dienone is 1. The molecule has 48 heavy (non-hydrogen) atoms. The third-order valence-electron chi connectivity index (χ3n) is 9.53. The second kappa shape index (κ2) is 10.6. The van der Waals surface area contributed by atoms with Crippen LogP contribution in [0.4, 0.5) is 0 Å². The van der Waals surface area contributed by atoms with E-state index < -0.39 is 0 Å². The second-order valence-electron chi connectivity index (χ2n) is 12.4. The molecule has 1 unspecified atom stereocenters. The Balaban J connectivity index is 1.23. The Hall–Kier alpha value is -6.33. The number of fused-ring (bicyclic) bond motifs is 7. The SMILES string of the molecule is C1=C(n2c3ccccc3c3ccccc32)c2c(oc3ccccc23)CC1c1nc(-c2ccccc2)nc(-c2ccc3ccccc3c2)n1. The van der Waals surface area contributed by atoms with Crippen molar-refractivity contribution in [3.05, 3.63) is 169 Å². The van der Waals surface area contributed by atoms with Crippen molar-refractivity contribution in [1.29, 1.82) is 0 Å². The van der Waals surface area contributed by atoms with Gasteiger partial charge in [0.15, 0.2) is 11.6 Å². The summed E-state index contributed by atoms with van der Waals surface area (Å²) in [7, 11) is 0. The lowest BCUT2D eigenvalue weighted by Gasteiger charge is -2.23. The summed E-state index contributed by atoms with van der Waals surface area (Å²) >= 11 is 0. The van der Waals surface area contributed by atoms with Crippen molar-refractivity contribution < 1.29 is 4.42 Å². The predicted molar refractivity (Wildman–Crippen MR) is 194 cm³/mol. The predicted octanol–water partition coefficient (Wildman–Crippen LogP) is 10.4. The number of aromatic nitrogens is 4. The van der Waals surface area contributed by atoms with Crippen molar-refractivity contribution in [3.63, 3.8) is 0 Å². The molecule has 0 spiro atoms. The molecule has 3 heterocycles. The van der Waals surface area contributed by atoms with Gasteiger partial charge in [-0.1, -0.05) is 121 Å². The summed E-state index contributed by atoms with van der Waals surface area (Å²) in [6.45, 7) is 0. The topological polar surface area (TPSA) is 56.7 Å². The largest absolute Gasteiger partial charge is 0.460 e. The number of benzene rings is 6. The monoisotopic (exact) mass is 616 g/mol. The van der Waals surface area contributed by atoms with E-state index in [0.29, 0.717) is 18.1 Å². The van der Waals surface area contributed by atoms with Gasteiger partial charge in [0.1, 0.15) is 17.2 Å². The van der Waals surface area contributed by atoms with Crippen LogP contribution in [0.2, 0.25) is 0 Å². The van der Waals surface area contributed by atoms with Crippen molar-refractivity contribution in [2.45, 2.75) is 12.3 Å². The molecule has 0 bridgehead atoms. The maximum absolute atomic E-state index is 6.65. The van der Waals surface area contributed by atoms with Gasteiger partial charge in [-0.2, -0.15) is 0 Å². The van der Waals surface area contributed by atoms with Crippen LogP contribution in [0.3, 0.4) is 0 Å². The van der Waals surface area contributed by atoms with Crippen molar-refractivity contribution in [2.75, 3.05) is 0 Å². The third-order valence-corrected chi connectivity index (χ3v) is 9.53. The second-order valence-corrected chi connectivity index (χ2v) is 12.4. The van der Waals surface area contributed by atoms with Gasteiger partial charge in [0, 0.05) is 45.2 Å². The molecule has 0 saturated carbocycles. The molecule has 5 heteroatoms. The average Bonchev–Trinajstić information content (AvgIpc) is 3.70. The van der Waals surface area contributed by atoms with Gasteiger partial charge < -0.3 is 8.98 Å². The van der Waals surface area contributed by atoms with Crippen LogP contribution in [-0.4, -0.2) is 19.5 Å². The number of para-hydroxylation sites is 3. The Kier molecular flexibility index (Phi) is 5.93. The molecule has 1 aliphatic carbocycles. The van der Waals surface area contributed by atoms with Crippen LogP contribution in [-0.2, 0) is 6.42 Å². The lowest BCUT2D eigenvalue weighted by molar-refractivity contribution is 0.524. The maximum atomic E-state index is 6.65. The van der Waals surface area contributed by atoms with E-state index in [1.54, 1.807) is 0 Å². The Morgan fingerprint density at radius 1 is 0.542 bits per heavy atom. The van der Waals surface area contributed by atoms with Gasteiger partial charge in [0.2, 0.25) is 0 Å². The number of rotatable bonds is 4.